The lowest BCUT2D eigenvalue weighted by atomic mass is 10.1. The van der Waals surface area contributed by atoms with E-state index < -0.39 is 0 Å². The van der Waals surface area contributed by atoms with Crippen molar-refractivity contribution in [2.24, 2.45) is 5.92 Å². The molecular weight excluding hydrogens is 200 g/mol. The van der Waals surface area contributed by atoms with Crippen LogP contribution in [0.25, 0.3) is 0 Å². The molecule has 16 heavy (non-hydrogen) atoms. The summed E-state index contributed by atoms with van der Waals surface area (Å²) < 4.78 is 5.01. The first-order valence-electron chi connectivity index (χ1n) is 6.71. The molecule has 0 atom stereocenters. The third kappa shape index (κ3) is 6.46. The van der Waals surface area contributed by atoms with Gasteiger partial charge in [-0.05, 0) is 38.8 Å². The molecule has 1 fully saturated rings. The lowest BCUT2D eigenvalue weighted by Gasteiger charge is -2.20. The molecule has 1 rings (SSSR count). The molecule has 0 amide bonds. The number of nitrogens with zero attached hydrogens (tertiary/aromatic N) is 1. The van der Waals surface area contributed by atoms with Crippen LogP contribution in [-0.4, -0.2) is 51.8 Å². The third-order valence-electron chi connectivity index (χ3n) is 3.42. The molecule has 0 saturated heterocycles. The second-order valence-corrected chi connectivity index (χ2v) is 5.01. The van der Waals surface area contributed by atoms with E-state index in [0.717, 1.165) is 32.0 Å². The number of ether oxygens (including phenoxy) is 1. The summed E-state index contributed by atoms with van der Waals surface area (Å²) in [4.78, 5) is 2.47. The van der Waals surface area contributed by atoms with Crippen LogP contribution < -0.4 is 5.32 Å². The van der Waals surface area contributed by atoms with Crippen LogP contribution in [0.1, 0.15) is 32.1 Å². The molecule has 3 heteroatoms. The molecule has 0 heterocycles. The van der Waals surface area contributed by atoms with Crippen LogP contribution in [0.2, 0.25) is 0 Å². The molecule has 1 aliphatic carbocycles. The summed E-state index contributed by atoms with van der Waals surface area (Å²) in [7, 11) is 4.00. The zero-order valence-corrected chi connectivity index (χ0v) is 11.0. The minimum Gasteiger partial charge on any atom is -0.385 e. The maximum atomic E-state index is 5.01. The molecule has 0 bridgehead atoms. The Balaban J connectivity index is 1.87. The summed E-state index contributed by atoms with van der Waals surface area (Å²) in [6, 6.07) is 0. The highest BCUT2D eigenvalue weighted by molar-refractivity contribution is 4.70. The van der Waals surface area contributed by atoms with Crippen LogP contribution in [-0.2, 0) is 4.74 Å². The van der Waals surface area contributed by atoms with E-state index in [1.807, 2.05) is 0 Å². The molecule has 96 valence electrons. The third-order valence-corrected chi connectivity index (χ3v) is 3.42. The van der Waals surface area contributed by atoms with Crippen molar-refractivity contribution in [1.82, 2.24) is 10.2 Å². The summed E-state index contributed by atoms with van der Waals surface area (Å²) in [5.74, 6) is 0.971. The van der Waals surface area contributed by atoms with Crippen LogP contribution in [0.3, 0.4) is 0 Å². The fourth-order valence-electron chi connectivity index (χ4n) is 2.46. The Kier molecular flexibility index (Phi) is 7.81. The van der Waals surface area contributed by atoms with Gasteiger partial charge < -0.3 is 15.0 Å². The first kappa shape index (κ1) is 13.9. The van der Waals surface area contributed by atoms with Gasteiger partial charge in [-0.2, -0.15) is 0 Å². The smallest absolute Gasteiger partial charge is 0.0474 e. The van der Waals surface area contributed by atoms with Crippen molar-refractivity contribution < 1.29 is 4.74 Å². The predicted octanol–water partition coefficient (Wildman–Crippen LogP) is 1.73. The van der Waals surface area contributed by atoms with Crippen molar-refractivity contribution in [2.45, 2.75) is 32.1 Å². The average Bonchev–Trinajstić information content (AvgIpc) is 2.76. The predicted molar refractivity (Wildman–Crippen MR) is 68.8 cm³/mol. The molecule has 1 saturated carbocycles. The van der Waals surface area contributed by atoms with Gasteiger partial charge in [0.1, 0.15) is 0 Å². The molecule has 3 nitrogen and oxygen atoms in total. The first-order chi connectivity index (χ1) is 7.83. The minimum absolute atomic E-state index is 0.866. The van der Waals surface area contributed by atoms with E-state index >= 15 is 0 Å². The van der Waals surface area contributed by atoms with Gasteiger partial charge in [0.15, 0.2) is 0 Å². The Hall–Kier alpha value is -0.120. The van der Waals surface area contributed by atoms with Crippen molar-refractivity contribution in [2.75, 3.05) is 46.9 Å². The van der Waals surface area contributed by atoms with Crippen LogP contribution in [0.4, 0.5) is 0 Å². The summed E-state index contributed by atoms with van der Waals surface area (Å²) >= 11 is 0. The van der Waals surface area contributed by atoms with E-state index in [-0.39, 0.29) is 0 Å². The lowest BCUT2D eigenvalue weighted by molar-refractivity contribution is 0.193. The molecule has 0 aliphatic heterocycles. The van der Waals surface area contributed by atoms with Gasteiger partial charge in [0.2, 0.25) is 0 Å². The van der Waals surface area contributed by atoms with Gasteiger partial charge in [-0.3, -0.25) is 0 Å². The van der Waals surface area contributed by atoms with Gasteiger partial charge in [0, 0.05) is 33.4 Å². The van der Waals surface area contributed by atoms with Crippen molar-refractivity contribution >= 4 is 0 Å². The summed E-state index contributed by atoms with van der Waals surface area (Å²) in [6.07, 6.45) is 6.92. The van der Waals surface area contributed by atoms with Gasteiger partial charge in [-0.25, -0.2) is 0 Å². The van der Waals surface area contributed by atoms with Gasteiger partial charge in [-0.1, -0.05) is 12.8 Å². The van der Waals surface area contributed by atoms with Crippen LogP contribution in [0.15, 0.2) is 0 Å². The number of hydrogen-bond acceptors (Lipinski definition) is 3. The van der Waals surface area contributed by atoms with E-state index in [0.29, 0.717) is 0 Å². The Morgan fingerprint density at radius 1 is 1.25 bits per heavy atom. The molecule has 0 spiro atoms. The molecular formula is C13H28N2O. The zero-order chi connectivity index (χ0) is 11.6. The van der Waals surface area contributed by atoms with E-state index in [4.69, 9.17) is 4.74 Å². The lowest BCUT2D eigenvalue weighted by Crippen LogP contribution is -2.32. The van der Waals surface area contributed by atoms with Crippen molar-refractivity contribution in [3.05, 3.63) is 0 Å². The Labute approximate surface area is 101 Å². The topological polar surface area (TPSA) is 24.5 Å². The van der Waals surface area contributed by atoms with Crippen molar-refractivity contribution in [1.29, 1.82) is 0 Å². The average molecular weight is 228 g/mol. The highest BCUT2D eigenvalue weighted by Crippen LogP contribution is 2.24. The quantitative estimate of drug-likeness (QED) is 0.608. The Morgan fingerprint density at radius 3 is 2.69 bits per heavy atom. The number of rotatable bonds is 9. The zero-order valence-electron chi connectivity index (χ0n) is 11.0. The second-order valence-electron chi connectivity index (χ2n) is 5.01. The molecule has 0 radical (unpaired) electrons. The first-order valence-corrected chi connectivity index (χ1v) is 6.71. The summed E-state index contributed by atoms with van der Waals surface area (Å²) in [5, 5.41) is 3.45. The highest BCUT2D eigenvalue weighted by atomic mass is 16.5. The SMILES string of the molecule is COCCCNCCN(C)CC1CCCC1. The summed E-state index contributed by atoms with van der Waals surface area (Å²) in [5.41, 5.74) is 0. The van der Waals surface area contributed by atoms with Gasteiger partial charge in [0.25, 0.3) is 0 Å². The molecule has 1 N–H and O–H groups in total. The standard InChI is InChI=1S/C13H28N2O/c1-15(12-13-6-3-4-7-13)10-9-14-8-5-11-16-2/h13-14H,3-12H2,1-2H3. The number of likely N-dealkylation sites (N-methyl/N-ethyl adjacent to an activating group) is 1. The fourth-order valence-corrected chi connectivity index (χ4v) is 2.46. The molecule has 0 aromatic rings. The van der Waals surface area contributed by atoms with Crippen LogP contribution in [0.5, 0.6) is 0 Å². The van der Waals surface area contributed by atoms with Gasteiger partial charge >= 0.3 is 0 Å². The minimum atomic E-state index is 0.866. The van der Waals surface area contributed by atoms with Gasteiger partial charge in [0.05, 0.1) is 0 Å². The molecule has 0 unspecified atom stereocenters. The molecule has 0 aromatic carbocycles. The maximum Gasteiger partial charge on any atom is 0.0474 e. The summed E-state index contributed by atoms with van der Waals surface area (Å²) in [6.45, 7) is 5.51. The van der Waals surface area contributed by atoms with Crippen LogP contribution in [0, 0.1) is 5.92 Å². The normalized spacial score (nSPS) is 17.4. The number of hydrogen-bond donors (Lipinski definition) is 1. The van der Waals surface area contributed by atoms with E-state index in [2.05, 4.69) is 17.3 Å². The van der Waals surface area contributed by atoms with E-state index in [9.17, 15) is 0 Å². The Bertz CT molecular complexity index is 158. The second kappa shape index (κ2) is 8.97. The molecule has 0 aromatic heterocycles. The monoisotopic (exact) mass is 228 g/mol. The Morgan fingerprint density at radius 2 is 2.00 bits per heavy atom. The number of nitrogens with one attached hydrogen (secondary N) is 1. The highest BCUT2D eigenvalue weighted by Gasteiger charge is 2.16. The fraction of sp³-hybridized carbons (Fsp3) is 1.00. The van der Waals surface area contributed by atoms with E-state index in [1.165, 1.54) is 38.8 Å². The van der Waals surface area contributed by atoms with Gasteiger partial charge in [-0.15, -0.1) is 0 Å². The largest absolute Gasteiger partial charge is 0.385 e. The number of methoxy groups -OCH3 is 1. The molecule has 1 aliphatic rings. The van der Waals surface area contributed by atoms with E-state index in [1.54, 1.807) is 7.11 Å². The van der Waals surface area contributed by atoms with Crippen molar-refractivity contribution in [3.8, 4) is 0 Å². The van der Waals surface area contributed by atoms with Crippen molar-refractivity contribution in [3.63, 3.8) is 0 Å². The maximum absolute atomic E-state index is 5.01. The van der Waals surface area contributed by atoms with Crippen LogP contribution >= 0.6 is 0 Å².